The molecule has 0 spiro atoms. The van der Waals surface area contributed by atoms with Gasteiger partial charge in [0.1, 0.15) is 5.82 Å². The quantitative estimate of drug-likeness (QED) is 0.584. The number of guanidine groups is 1. The lowest BCUT2D eigenvalue weighted by Crippen LogP contribution is -2.41. The van der Waals surface area contributed by atoms with Crippen LogP contribution in [-0.2, 0) is 11.3 Å². The van der Waals surface area contributed by atoms with E-state index in [1.165, 1.54) is 12.1 Å². The van der Waals surface area contributed by atoms with Crippen LogP contribution in [0.2, 0.25) is 0 Å². The van der Waals surface area contributed by atoms with Crippen molar-refractivity contribution in [3.63, 3.8) is 0 Å². The number of halogens is 1. The maximum absolute atomic E-state index is 13.0. The molecule has 0 aliphatic rings. The number of hydrogen-bond donors (Lipinski definition) is 3. The highest BCUT2D eigenvalue weighted by Crippen LogP contribution is 2.08. The molecule has 0 unspecified atom stereocenters. The van der Waals surface area contributed by atoms with Gasteiger partial charge in [-0.3, -0.25) is 9.79 Å². The van der Waals surface area contributed by atoms with E-state index in [9.17, 15) is 9.18 Å². The number of anilines is 1. The van der Waals surface area contributed by atoms with Gasteiger partial charge in [-0.1, -0.05) is 6.07 Å². The van der Waals surface area contributed by atoms with Crippen molar-refractivity contribution in [1.29, 1.82) is 0 Å². The lowest BCUT2D eigenvalue weighted by molar-refractivity contribution is -0.115. The maximum atomic E-state index is 13.0. The predicted molar refractivity (Wildman–Crippen MR) is 87.6 cm³/mol. The molecule has 0 bridgehead atoms. The van der Waals surface area contributed by atoms with Crippen LogP contribution < -0.4 is 16.0 Å². The topological polar surface area (TPSA) is 65.5 Å². The average Bonchev–Trinajstić information content (AvgIpc) is 3.01. The van der Waals surface area contributed by atoms with Crippen molar-refractivity contribution < 1.29 is 9.18 Å². The number of hydrogen-bond acceptors (Lipinski definition) is 3. The summed E-state index contributed by atoms with van der Waals surface area (Å²) < 4.78 is 13.0. The molecule has 0 saturated carbocycles. The SMILES string of the molecule is CN=C(NCC(=O)Nc1cccc(F)c1)NCc1ccsc1. The second kappa shape index (κ2) is 8.14. The van der Waals surface area contributed by atoms with E-state index >= 15 is 0 Å². The molecular formula is C15H17FN4OS. The van der Waals surface area contributed by atoms with Gasteiger partial charge in [0.15, 0.2) is 5.96 Å². The van der Waals surface area contributed by atoms with E-state index in [1.54, 1.807) is 30.5 Å². The first kappa shape index (κ1) is 16.0. The zero-order chi connectivity index (χ0) is 15.8. The van der Waals surface area contributed by atoms with E-state index in [1.807, 2.05) is 16.8 Å². The summed E-state index contributed by atoms with van der Waals surface area (Å²) in [5.41, 5.74) is 1.57. The highest BCUT2D eigenvalue weighted by Gasteiger charge is 2.05. The van der Waals surface area contributed by atoms with Crippen LogP contribution in [-0.4, -0.2) is 25.5 Å². The molecule has 0 aliphatic carbocycles. The molecule has 22 heavy (non-hydrogen) atoms. The van der Waals surface area contributed by atoms with Crippen LogP contribution in [0.4, 0.5) is 10.1 Å². The van der Waals surface area contributed by atoms with Crippen molar-refractivity contribution in [3.05, 3.63) is 52.5 Å². The number of aliphatic imine (C=N–C) groups is 1. The third kappa shape index (κ3) is 5.17. The Labute approximate surface area is 132 Å². The summed E-state index contributed by atoms with van der Waals surface area (Å²) in [6, 6.07) is 7.78. The van der Waals surface area contributed by atoms with Gasteiger partial charge < -0.3 is 16.0 Å². The summed E-state index contributed by atoms with van der Waals surface area (Å²) in [5.74, 6) is -0.135. The van der Waals surface area contributed by atoms with Crippen molar-refractivity contribution in [1.82, 2.24) is 10.6 Å². The van der Waals surface area contributed by atoms with Gasteiger partial charge in [-0.15, -0.1) is 0 Å². The summed E-state index contributed by atoms with van der Waals surface area (Å²) >= 11 is 1.62. The Morgan fingerprint density at radius 3 is 2.86 bits per heavy atom. The molecule has 1 aromatic heterocycles. The summed E-state index contributed by atoms with van der Waals surface area (Å²) in [6.45, 7) is 0.675. The van der Waals surface area contributed by atoms with Crippen LogP contribution in [0, 0.1) is 5.82 Å². The number of nitrogens with zero attached hydrogens (tertiary/aromatic N) is 1. The van der Waals surface area contributed by atoms with Crippen molar-refractivity contribution >= 4 is 28.9 Å². The lowest BCUT2D eigenvalue weighted by Gasteiger charge is -2.11. The first-order chi connectivity index (χ1) is 10.7. The number of carbonyl (C=O) groups is 1. The molecule has 0 aliphatic heterocycles. The van der Waals surface area contributed by atoms with E-state index < -0.39 is 0 Å². The van der Waals surface area contributed by atoms with Gasteiger partial charge >= 0.3 is 0 Å². The van der Waals surface area contributed by atoms with E-state index in [-0.39, 0.29) is 18.3 Å². The fourth-order valence-corrected chi connectivity index (χ4v) is 2.40. The first-order valence-electron chi connectivity index (χ1n) is 6.68. The number of benzene rings is 1. The van der Waals surface area contributed by atoms with Gasteiger partial charge in [-0.2, -0.15) is 11.3 Å². The first-order valence-corrected chi connectivity index (χ1v) is 7.62. The van der Waals surface area contributed by atoms with Crippen LogP contribution in [0.15, 0.2) is 46.1 Å². The highest BCUT2D eigenvalue weighted by molar-refractivity contribution is 7.07. The van der Waals surface area contributed by atoms with Crippen molar-refractivity contribution in [2.45, 2.75) is 6.54 Å². The normalized spacial score (nSPS) is 11.1. The molecular weight excluding hydrogens is 303 g/mol. The number of thiophene rings is 1. The van der Waals surface area contributed by atoms with Gasteiger partial charge in [0.25, 0.3) is 0 Å². The largest absolute Gasteiger partial charge is 0.352 e. The molecule has 7 heteroatoms. The van der Waals surface area contributed by atoms with Gasteiger partial charge in [0.05, 0.1) is 6.54 Å². The molecule has 3 N–H and O–H groups in total. The summed E-state index contributed by atoms with van der Waals surface area (Å²) in [7, 11) is 1.63. The molecule has 116 valence electrons. The molecule has 0 fully saturated rings. The molecule has 0 saturated heterocycles. The predicted octanol–water partition coefficient (Wildman–Crippen LogP) is 2.19. The molecule has 0 atom stereocenters. The fraction of sp³-hybridized carbons (Fsp3) is 0.200. The fourth-order valence-electron chi connectivity index (χ4n) is 1.74. The summed E-state index contributed by atoms with van der Waals surface area (Å²) in [4.78, 5) is 15.8. The van der Waals surface area contributed by atoms with Crippen molar-refractivity contribution in [2.24, 2.45) is 4.99 Å². The van der Waals surface area contributed by atoms with Gasteiger partial charge in [0, 0.05) is 19.3 Å². The van der Waals surface area contributed by atoms with E-state index in [0.29, 0.717) is 18.2 Å². The van der Waals surface area contributed by atoms with E-state index in [0.717, 1.165) is 5.56 Å². The highest BCUT2D eigenvalue weighted by atomic mass is 32.1. The average molecular weight is 320 g/mol. The molecule has 2 rings (SSSR count). The van der Waals surface area contributed by atoms with Gasteiger partial charge in [0.2, 0.25) is 5.91 Å². The molecule has 1 heterocycles. The summed E-state index contributed by atoms with van der Waals surface area (Å²) in [5, 5.41) is 12.7. The van der Waals surface area contributed by atoms with Crippen molar-refractivity contribution in [2.75, 3.05) is 18.9 Å². The molecule has 0 radical (unpaired) electrons. The van der Waals surface area contributed by atoms with Crippen LogP contribution in [0.5, 0.6) is 0 Å². The zero-order valence-electron chi connectivity index (χ0n) is 12.1. The van der Waals surface area contributed by atoms with Crippen molar-refractivity contribution in [3.8, 4) is 0 Å². The molecule has 5 nitrogen and oxygen atoms in total. The number of carbonyl (C=O) groups excluding carboxylic acids is 1. The maximum Gasteiger partial charge on any atom is 0.243 e. The van der Waals surface area contributed by atoms with E-state index in [4.69, 9.17) is 0 Å². The zero-order valence-corrected chi connectivity index (χ0v) is 12.9. The minimum absolute atomic E-state index is 0.0415. The molecule has 2 aromatic rings. The molecule has 1 aromatic carbocycles. The van der Waals surface area contributed by atoms with Crippen LogP contribution in [0.25, 0.3) is 0 Å². The van der Waals surface area contributed by atoms with E-state index in [2.05, 4.69) is 20.9 Å². The lowest BCUT2D eigenvalue weighted by atomic mass is 10.3. The monoisotopic (exact) mass is 320 g/mol. The Balaban J connectivity index is 1.76. The van der Waals surface area contributed by atoms with Crippen LogP contribution in [0.1, 0.15) is 5.56 Å². The Bertz CT molecular complexity index is 643. The number of amides is 1. The molecule has 1 amide bonds. The Kier molecular flexibility index (Phi) is 5.91. The third-order valence-electron chi connectivity index (χ3n) is 2.79. The van der Waals surface area contributed by atoms with Crippen LogP contribution >= 0.6 is 11.3 Å². The standard InChI is InChI=1S/C15H17FN4OS/c1-17-15(18-8-11-5-6-22-10-11)19-9-14(21)20-13-4-2-3-12(16)7-13/h2-7,10H,8-9H2,1H3,(H,20,21)(H2,17,18,19). The summed E-state index contributed by atoms with van der Waals surface area (Å²) in [6.07, 6.45) is 0. The minimum Gasteiger partial charge on any atom is -0.352 e. The minimum atomic E-state index is -0.390. The van der Waals surface area contributed by atoms with Gasteiger partial charge in [-0.25, -0.2) is 4.39 Å². The second-order valence-corrected chi connectivity index (χ2v) is 5.25. The number of nitrogens with one attached hydrogen (secondary N) is 3. The Hall–Kier alpha value is -2.41. The second-order valence-electron chi connectivity index (χ2n) is 4.47. The Morgan fingerprint density at radius 1 is 1.32 bits per heavy atom. The van der Waals surface area contributed by atoms with Gasteiger partial charge in [-0.05, 0) is 40.6 Å². The van der Waals surface area contributed by atoms with Crippen LogP contribution in [0.3, 0.4) is 0 Å². The third-order valence-corrected chi connectivity index (χ3v) is 3.52. The smallest absolute Gasteiger partial charge is 0.243 e. The Morgan fingerprint density at radius 2 is 2.18 bits per heavy atom. The number of rotatable bonds is 5.